The Morgan fingerprint density at radius 1 is 1.29 bits per heavy atom. The highest BCUT2D eigenvalue weighted by Crippen LogP contribution is 2.26. The number of nitrogens with zero attached hydrogens (tertiary/aromatic N) is 5. The summed E-state index contributed by atoms with van der Waals surface area (Å²) >= 11 is 0. The summed E-state index contributed by atoms with van der Waals surface area (Å²) in [5, 5.41) is 6.19. The minimum Gasteiger partial charge on any atom is -0.372 e. The number of benzodiazepines with no additional fused rings is 1. The van der Waals surface area contributed by atoms with Gasteiger partial charge in [-0.25, -0.2) is 0 Å². The zero-order valence-electron chi connectivity index (χ0n) is 20.3. The van der Waals surface area contributed by atoms with Crippen molar-refractivity contribution in [2.24, 2.45) is 10.7 Å². The number of nitrogens with one attached hydrogen (secondary N) is 2. The molecule has 1 aromatic carbocycles. The third-order valence-electron chi connectivity index (χ3n) is 6.33. The largest absolute Gasteiger partial charge is 0.372 e. The lowest BCUT2D eigenvalue weighted by atomic mass is 10.1. The molecule has 0 aliphatic carbocycles. The van der Waals surface area contributed by atoms with E-state index in [1.807, 2.05) is 16.7 Å². The molecule has 4 N–H and O–H groups in total. The molecule has 0 radical (unpaired) electrons. The fourth-order valence-corrected chi connectivity index (χ4v) is 4.58. The van der Waals surface area contributed by atoms with Crippen LogP contribution in [0.4, 0.5) is 17.5 Å². The van der Waals surface area contributed by atoms with E-state index in [9.17, 15) is 4.79 Å². The van der Waals surface area contributed by atoms with Crippen LogP contribution in [-0.4, -0.2) is 74.0 Å². The number of carbonyl (C=O) groups is 1. The van der Waals surface area contributed by atoms with E-state index in [0.29, 0.717) is 37.7 Å². The molecule has 0 saturated carbocycles. The third kappa shape index (κ3) is 4.87. The number of anilines is 3. The number of rotatable bonds is 6. The Balaban J connectivity index is 1.62. The zero-order chi connectivity index (χ0) is 24.1. The highest BCUT2D eigenvalue weighted by atomic mass is 16.2. The van der Waals surface area contributed by atoms with E-state index in [2.05, 4.69) is 51.5 Å². The number of nitrogens with two attached hydrogens (primary N) is 1. The summed E-state index contributed by atoms with van der Waals surface area (Å²) in [4.78, 5) is 27.4. The van der Waals surface area contributed by atoms with Crippen LogP contribution >= 0.6 is 0 Å². The van der Waals surface area contributed by atoms with Gasteiger partial charge < -0.3 is 26.2 Å². The van der Waals surface area contributed by atoms with Crippen LogP contribution in [-0.2, 0) is 6.54 Å². The first-order chi connectivity index (χ1) is 16.5. The first-order valence-corrected chi connectivity index (χ1v) is 11.8. The maximum absolute atomic E-state index is 13.5. The van der Waals surface area contributed by atoms with Crippen LogP contribution in [0.15, 0.2) is 29.3 Å². The smallest absolute Gasteiger partial charge is 0.272 e. The molecule has 180 valence electrons. The molecule has 1 saturated heterocycles. The second-order valence-electron chi connectivity index (χ2n) is 8.67. The van der Waals surface area contributed by atoms with Crippen LogP contribution in [0.3, 0.4) is 0 Å². The van der Waals surface area contributed by atoms with E-state index < -0.39 is 0 Å². The van der Waals surface area contributed by atoms with Gasteiger partial charge in [0.2, 0.25) is 5.95 Å². The average Bonchev–Trinajstić information content (AvgIpc) is 3.14. The van der Waals surface area contributed by atoms with Crippen LogP contribution in [0.5, 0.6) is 0 Å². The van der Waals surface area contributed by atoms with E-state index in [4.69, 9.17) is 15.7 Å². The number of para-hydroxylation sites is 1. The molecule has 1 unspecified atom stereocenters. The zero-order valence-corrected chi connectivity index (χ0v) is 20.3. The van der Waals surface area contributed by atoms with Crippen LogP contribution < -0.4 is 26.2 Å². The monoisotopic (exact) mass is 462 g/mol. The number of piperidine rings is 1. The van der Waals surface area contributed by atoms with Crippen molar-refractivity contribution in [2.75, 3.05) is 61.9 Å². The first kappa shape index (κ1) is 23.6. The van der Waals surface area contributed by atoms with Gasteiger partial charge in [0.15, 0.2) is 11.5 Å². The van der Waals surface area contributed by atoms with E-state index in [1.165, 1.54) is 0 Å². The standard InChI is InChI=1S/C25H34N8O/c1-4-5-14-33-22(23(27-2)30-25(33)32-13-8-9-18(26)17-32)24(34)29-16-20-19-10-6-7-11-21(19)31(3)15-12-28-20/h6-7,10-11,18,27H,8-9,12-17,26H2,1-3H3,(H,29,34). The Morgan fingerprint density at radius 2 is 2.12 bits per heavy atom. The number of carbonyl (C=O) groups excluding carboxylic acids is 1. The van der Waals surface area contributed by atoms with Crippen molar-refractivity contribution >= 4 is 29.1 Å². The van der Waals surface area contributed by atoms with Crippen LogP contribution in [0.25, 0.3) is 0 Å². The van der Waals surface area contributed by atoms with Crippen molar-refractivity contribution in [3.8, 4) is 11.8 Å². The van der Waals surface area contributed by atoms with Gasteiger partial charge in [-0.05, 0) is 25.8 Å². The van der Waals surface area contributed by atoms with Gasteiger partial charge in [0.25, 0.3) is 5.91 Å². The van der Waals surface area contributed by atoms with Crippen molar-refractivity contribution in [1.29, 1.82) is 0 Å². The molecule has 1 atom stereocenters. The van der Waals surface area contributed by atoms with Crippen molar-refractivity contribution in [2.45, 2.75) is 32.4 Å². The highest BCUT2D eigenvalue weighted by molar-refractivity contribution is 6.09. The lowest BCUT2D eigenvalue weighted by Gasteiger charge is -2.31. The van der Waals surface area contributed by atoms with Gasteiger partial charge in [-0.1, -0.05) is 24.1 Å². The van der Waals surface area contributed by atoms with Gasteiger partial charge in [0.1, 0.15) is 0 Å². The predicted molar refractivity (Wildman–Crippen MR) is 138 cm³/mol. The molecule has 34 heavy (non-hydrogen) atoms. The summed E-state index contributed by atoms with van der Waals surface area (Å²) in [5.41, 5.74) is 9.74. The number of hydrogen-bond donors (Lipinski definition) is 3. The SMILES string of the molecule is CC#CCn1c(N2CCCC(N)C2)nc(NC)c1C(=O)NCC1=NCCN(C)c2ccccc21. The molecule has 0 spiro atoms. The number of aliphatic imine (C=N–C) groups is 1. The Hall–Kier alpha value is -3.51. The Labute approximate surface area is 201 Å². The van der Waals surface area contributed by atoms with Gasteiger partial charge in [-0.15, -0.1) is 5.92 Å². The fourth-order valence-electron chi connectivity index (χ4n) is 4.58. The minimum absolute atomic E-state index is 0.0953. The summed E-state index contributed by atoms with van der Waals surface area (Å²) in [6.07, 6.45) is 1.99. The average molecular weight is 463 g/mol. The molecule has 2 aliphatic rings. The number of hydrogen-bond acceptors (Lipinski definition) is 7. The minimum atomic E-state index is -0.208. The summed E-state index contributed by atoms with van der Waals surface area (Å²) in [5.74, 6) is 7.09. The number of aromatic nitrogens is 2. The van der Waals surface area contributed by atoms with E-state index >= 15 is 0 Å². The molecular weight excluding hydrogens is 428 g/mol. The molecule has 9 heteroatoms. The summed E-state index contributed by atoms with van der Waals surface area (Å²) in [6.45, 7) is 5.59. The van der Waals surface area contributed by atoms with Gasteiger partial charge in [0.05, 0.1) is 25.3 Å². The van der Waals surface area contributed by atoms with E-state index in [-0.39, 0.29) is 11.9 Å². The molecule has 0 bridgehead atoms. The molecule has 1 aromatic heterocycles. The fraction of sp³-hybridized carbons (Fsp3) is 0.480. The second kappa shape index (κ2) is 10.6. The van der Waals surface area contributed by atoms with Gasteiger partial charge in [-0.3, -0.25) is 14.4 Å². The molecule has 2 aromatic rings. The van der Waals surface area contributed by atoms with Gasteiger partial charge in [0, 0.05) is 51.0 Å². The lowest BCUT2D eigenvalue weighted by molar-refractivity contribution is 0.0951. The number of benzene rings is 1. The summed E-state index contributed by atoms with van der Waals surface area (Å²) < 4.78 is 1.90. The lowest BCUT2D eigenvalue weighted by Crippen LogP contribution is -2.44. The predicted octanol–water partition coefficient (Wildman–Crippen LogP) is 1.54. The first-order valence-electron chi connectivity index (χ1n) is 11.8. The van der Waals surface area contributed by atoms with Crippen molar-refractivity contribution in [3.05, 3.63) is 35.5 Å². The van der Waals surface area contributed by atoms with Crippen molar-refractivity contribution in [3.63, 3.8) is 0 Å². The number of amides is 1. The number of imidazole rings is 1. The third-order valence-corrected chi connectivity index (χ3v) is 6.33. The number of likely N-dealkylation sites (N-methyl/N-ethyl adjacent to an activating group) is 1. The van der Waals surface area contributed by atoms with E-state index in [1.54, 1.807) is 14.0 Å². The Bertz CT molecular complexity index is 1130. The van der Waals surface area contributed by atoms with Crippen LogP contribution in [0, 0.1) is 11.8 Å². The topological polar surface area (TPSA) is 104 Å². The maximum atomic E-state index is 13.5. The molecule has 4 rings (SSSR count). The molecule has 3 heterocycles. The maximum Gasteiger partial charge on any atom is 0.272 e. The normalized spacial score (nSPS) is 17.8. The number of fused-ring (bicyclic) bond motifs is 1. The van der Waals surface area contributed by atoms with Crippen LogP contribution in [0.2, 0.25) is 0 Å². The molecule has 1 amide bonds. The van der Waals surface area contributed by atoms with Gasteiger partial charge in [-0.2, -0.15) is 4.98 Å². The quantitative estimate of drug-likeness (QED) is 0.563. The molecule has 2 aliphatic heterocycles. The second-order valence-corrected chi connectivity index (χ2v) is 8.67. The van der Waals surface area contributed by atoms with Gasteiger partial charge >= 0.3 is 0 Å². The summed E-state index contributed by atoms with van der Waals surface area (Å²) in [7, 11) is 3.85. The molecule has 9 nitrogen and oxygen atoms in total. The van der Waals surface area contributed by atoms with E-state index in [0.717, 1.165) is 48.8 Å². The molecular formula is C25H34N8O. The highest BCUT2D eigenvalue weighted by Gasteiger charge is 2.28. The van der Waals surface area contributed by atoms with Crippen LogP contribution in [0.1, 0.15) is 35.8 Å². The van der Waals surface area contributed by atoms with Crippen molar-refractivity contribution < 1.29 is 4.79 Å². The Morgan fingerprint density at radius 3 is 2.88 bits per heavy atom. The van der Waals surface area contributed by atoms with Crippen molar-refractivity contribution in [1.82, 2.24) is 14.9 Å². The molecule has 1 fully saturated rings. The Kier molecular flexibility index (Phi) is 7.38. The summed E-state index contributed by atoms with van der Waals surface area (Å²) in [6, 6.07) is 8.27.